The Morgan fingerprint density at radius 1 is 1.26 bits per heavy atom. The minimum absolute atomic E-state index is 0.133. The molecular weight excluding hydrogens is 310 g/mol. The number of nitrogens with zero attached hydrogens (tertiary/aromatic N) is 2. The monoisotopic (exact) mass is 323 g/mol. The summed E-state index contributed by atoms with van der Waals surface area (Å²) in [5.41, 5.74) is 2.95. The maximum atomic E-state index is 12.3. The molecule has 23 heavy (non-hydrogen) atoms. The summed E-state index contributed by atoms with van der Waals surface area (Å²) in [6.07, 6.45) is 1.70. The van der Waals surface area contributed by atoms with Gasteiger partial charge in [0.25, 0.3) is 0 Å². The van der Waals surface area contributed by atoms with Crippen LogP contribution in [0.15, 0.2) is 48.7 Å². The third-order valence-electron chi connectivity index (χ3n) is 3.76. The van der Waals surface area contributed by atoms with Crippen LogP contribution in [0.3, 0.4) is 0 Å². The molecule has 0 aliphatic carbocycles. The van der Waals surface area contributed by atoms with Gasteiger partial charge in [-0.1, -0.05) is 35.9 Å². The molecule has 0 aliphatic rings. The number of carbonyl (C=O) groups excluding carboxylic acids is 1. The van der Waals surface area contributed by atoms with Crippen LogP contribution in [0.2, 0.25) is 5.02 Å². The van der Waals surface area contributed by atoms with Crippen molar-refractivity contribution in [2.45, 2.75) is 13.5 Å². The third kappa shape index (κ3) is 2.92. The molecule has 0 atom stereocenters. The minimum atomic E-state index is -0.166. The lowest BCUT2D eigenvalue weighted by Gasteiger charge is -2.10. The van der Waals surface area contributed by atoms with Crippen LogP contribution in [0.25, 0.3) is 10.9 Å². The molecule has 1 heterocycles. The summed E-state index contributed by atoms with van der Waals surface area (Å²) in [7, 11) is 0. The second-order valence-corrected chi connectivity index (χ2v) is 5.67. The van der Waals surface area contributed by atoms with Crippen LogP contribution in [0.1, 0.15) is 11.1 Å². The first-order valence-electron chi connectivity index (χ1n) is 7.13. The van der Waals surface area contributed by atoms with E-state index in [-0.39, 0.29) is 12.5 Å². The molecule has 0 unspecified atom stereocenters. The predicted octanol–water partition coefficient (Wildman–Crippen LogP) is 4.11. The van der Waals surface area contributed by atoms with Gasteiger partial charge < -0.3 is 9.88 Å². The molecule has 0 saturated carbocycles. The summed E-state index contributed by atoms with van der Waals surface area (Å²) in [6, 6.07) is 15.1. The molecule has 3 rings (SSSR count). The van der Waals surface area contributed by atoms with Crippen LogP contribution in [-0.4, -0.2) is 10.5 Å². The van der Waals surface area contributed by atoms with Crippen molar-refractivity contribution in [3.05, 3.63) is 64.8 Å². The highest BCUT2D eigenvalue weighted by atomic mass is 35.5. The standard InChI is InChI=1S/C18H14ClN3O/c1-12-15(19)6-4-7-16(12)21-18(23)11-22-10-13(9-20)14-5-2-3-8-17(14)22/h2-8,10H,11H2,1H3,(H,21,23). The highest BCUT2D eigenvalue weighted by Crippen LogP contribution is 2.24. The number of fused-ring (bicyclic) bond motifs is 1. The Bertz CT molecular complexity index is 937. The van der Waals surface area contributed by atoms with E-state index in [1.807, 2.05) is 37.3 Å². The lowest BCUT2D eigenvalue weighted by molar-refractivity contribution is -0.116. The third-order valence-corrected chi connectivity index (χ3v) is 4.17. The molecule has 3 aromatic rings. The van der Waals surface area contributed by atoms with E-state index in [2.05, 4.69) is 11.4 Å². The summed E-state index contributed by atoms with van der Waals surface area (Å²) in [5.74, 6) is -0.166. The average Bonchev–Trinajstić information content (AvgIpc) is 2.90. The molecule has 114 valence electrons. The number of rotatable bonds is 3. The van der Waals surface area contributed by atoms with Crippen molar-refractivity contribution < 1.29 is 4.79 Å². The van der Waals surface area contributed by atoms with Gasteiger partial charge in [-0.05, 0) is 30.7 Å². The largest absolute Gasteiger partial charge is 0.337 e. The summed E-state index contributed by atoms with van der Waals surface area (Å²) in [6.45, 7) is 1.99. The number of para-hydroxylation sites is 1. The molecule has 1 aromatic heterocycles. The Hall–Kier alpha value is -2.77. The van der Waals surface area contributed by atoms with Gasteiger partial charge in [-0.25, -0.2) is 0 Å². The average molecular weight is 324 g/mol. The predicted molar refractivity (Wildman–Crippen MR) is 91.5 cm³/mol. The van der Waals surface area contributed by atoms with Gasteiger partial charge in [-0.3, -0.25) is 4.79 Å². The molecular formula is C18H14ClN3O. The topological polar surface area (TPSA) is 57.8 Å². The van der Waals surface area contributed by atoms with Crippen molar-refractivity contribution in [1.29, 1.82) is 5.26 Å². The fourth-order valence-electron chi connectivity index (χ4n) is 2.55. The number of halogens is 1. The Morgan fingerprint density at radius 2 is 2.04 bits per heavy atom. The fraction of sp³-hybridized carbons (Fsp3) is 0.111. The van der Waals surface area contributed by atoms with E-state index in [9.17, 15) is 10.1 Å². The quantitative estimate of drug-likeness (QED) is 0.788. The van der Waals surface area contributed by atoms with Crippen molar-refractivity contribution in [3.8, 4) is 6.07 Å². The van der Waals surface area contributed by atoms with Crippen molar-refractivity contribution in [3.63, 3.8) is 0 Å². The van der Waals surface area contributed by atoms with Gasteiger partial charge in [0.2, 0.25) is 5.91 Å². The van der Waals surface area contributed by atoms with Gasteiger partial charge in [0, 0.05) is 27.8 Å². The summed E-state index contributed by atoms with van der Waals surface area (Å²) >= 11 is 6.07. The molecule has 4 nitrogen and oxygen atoms in total. The first-order chi connectivity index (χ1) is 11.1. The van der Waals surface area contributed by atoms with Crippen LogP contribution >= 0.6 is 11.6 Å². The number of nitriles is 1. The maximum Gasteiger partial charge on any atom is 0.244 e. The minimum Gasteiger partial charge on any atom is -0.337 e. The summed E-state index contributed by atoms with van der Waals surface area (Å²) in [4.78, 5) is 12.3. The molecule has 5 heteroatoms. The van der Waals surface area contributed by atoms with E-state index >= 15 is 0 Å². The smallest absolute Gasteiger partial charge is 0.244 e. The summed E-state index contributed by atoms with van der Waals surface area (Å²) in [5, 5.41) is 13.5. The Labute approximate surface area is 138 Å². The molecule has 2 aromatic carbocycles. The van der Waals surface area contributed by atoms with Gasteiger partial charge in [0.05, 0.1) is 5.56 Å². The zero-order valence-electron chi connectivity index (χ0n) is 12.5. The highest BCUT2D eigenvalue weighted by Gasteiger charge is 2.12. The van der Waals surface area contributed by atoms with E-state index in [1.54, 1.807) is 22.9 Å². The van der Waals surface area contributed by atoms with Gasteiger partial charge >= 0.3 is 0 Å². The number of nitrogens with one attached hydrogen (secondary N) is 1. The highest BCUT2D eigenvalue weighted by molar-refractivity contribution is 6.31. The molecule has 0 radical (unpaired) electrons. The zero-order valence-corrected chi connectivity index (χ0v) is 13.3. The van der Waals surface area contributed by atoms with E-state index < -0.39 is 0 Å². The number of anilines is 1. The molecule has 1 amide bonds. The number of amides is 1. The maximum absolute atomic E-state index is 12.3. The molecule has 0 fully saturated rings. The van der Waals surface area contributed by atoms with E-state index in [0.717, 1.165) is 16.5 Å². The van der Waals surface area contributed by atoms with Gasteiger partial charge in [0.1, 0.15) is 12.6 Å². The number of hydrogen-bond acceptors (Lipinski definition) is 2. The van der Waals surface area contributed by atoms with E-state index in [0.29, 0.717) is 16.3 Å². The van der Waals surface area contributed by atoms with Crippen LogP contribution in [0, 0.1) is 18.3 Å². The second kappa shape index (κ2) is 6.15. The van der Waals surface area contributed by atoms with Crippen LogP contribution < -0.4 is 5.32 Å². The molecule has 0 saturated heterocycles. The fourth-order valence-corrected chi connectivity index (χ4v) is 2.73. The van der Waals surface area contributed by atoms with Crippen LogP contribution in [0.5, 0.6) is 0 Å². The zero-order chi connectivity index (χ0) is 16.4. The molecule has 0 spiro atoms. The van der Waals surface area contributed by atoms with E-state index in [4.69, 9.17) is 11.6 Å². The van der Waals surface area contributed by atoms with Gasteiger partial charge in [-0.15, -0.1) is 0 Å². The Morgan fingerprint density at radius 3 is 2.83 bits per heavy atom. The Balaban J connectivity index is 1.86. The first kappa shape index (κ1) is 15.1. The van der Waals surface area contributed by atoms with Crippen LogP contribution in [0.4, 0.5) is 5.69 Å². The lowest BCUT2D eigenvalue weighted by atomic mass is 10.2. The van der Waals surface area contributed by atoms with Crippen molar-refractivity contribution in [1.82, 2.24) is 4.57 Å². The van der Waals surface area contributed by atoms with Crippen molar-refractivity contribution in [2.24, 2.45) is 0 Å². The second-order valence-electron chi connectivity index (χ2n) is 5.26. The van der Waals surface area contributed by atoms with Gasteiger partial charge in [0.15, 0.2) is 0 Å². The molecule has 1 N–H and O–H groups in total. The van der Waals surface area contributed by atoms with E-state index in [1.165, 1.54) is 0 Å². The lowest BCUT2D eigenvalue weighted by Crippen LogP contribution is -2.18. The van der Waals surface area contributed by atoms with Crippen LogP contribution in [-0.2, 0) is 11.3 Å². The molecule has 0 aliphatic heterocycles. The van der Waals surface area contributed by atoms with Crippen molar-refractivity contribution >= 4 is 34.1 Å². The van der Waals surface area contributed by atoms with Gasteiger partial charge in [-0.2, -0.15) is 5.26 Å². The number of carbonyl (C=O) groups is 1. The number of benzene rings is 2. The number of aromatic nitrogens is 1. The summed E-state index contributed by atoms with van der Waals surface area (Å²) < 4.78 is 1.78. The first-order valence-corrected chi connectivity index (χ1v) is 7.51. The van der Waals surface area contributed by atoms with Crippen molar-refractivity contribution in [2.75, 3.05) is 5.32 Å². The normalized spacial score (nSPS) is 10.5. The Kier molecular flexibility index (Phi) is 4.05. The SMILES string of the molecule is Cc1c(Cl)cccc1NC(=O)Cn1cc(C#N)c2ccccc21. The number of hydrogen-bond donors (Lipinski definition) is 1. The molecule has 0 bridgehead atoms.